The van der Waals surface area contributed by atoms with Gasteiger partial charge in [0, 0.05) is 16.8 Å². The minimum absolute atomic E-state index is 0.0228. The van der Waals surface area contributed by atoms with Crippen LogP contribution in [0.5, 0.6) is 11.6 Å². The summed E-state index contributed by atoms with van der Waals surface area (Å²) < 4.78 is 38.0. The molecule has 0 spiro atoms. The van der Waals surface area contributed by atoms with E-state index in [-0.39, 0.29) is 21.6 Å². The number of carbonyl (C=O) groups excluding carboxylic acids is 1. The van der Waals surface area contributed by atoms with Crippen LogP contribution >= 0.6 is 23.2 Å². The molecule has 1 atom stereocenters. The van der Waals surface area contributed by atoms with Crippen molar-refractivity contribution in [2.45, 2.75) is 17.9 Å². The van der Waals surface area contributed by atoms with E-state index >= 15 is 0 Å². The first-order chi connectivity index (χ1) is 15.2. The zero-order valence-corrected chi connectivity index (χ0v) is 19.2. The molecule has 0 radical (unpaired) electrons. The topological polar surface area (TPSA) is 120 Å². The summed E-state index contributed by atoms with van der Waals surface area (Å²) in [5.74, 6) is 0.137. The third-order valence-electron chi connectivity index (χ3n) is 4.09. The second-order valence-electron chi connectivity index (χ2n) is 6.40. The molecular weight excluding hydrogens is 479 g/mol. The molecular formula is C20H18Cl2N4O5S. The maximum Gasteiger partial charge on any atom is 0.265 e. The first-order valence-corrected chi connectivity index (χ1v) is 11.3. The van der Waals surface area contributed by atoms with Crippen LogP contribution in [0.2, 0.25) is 10.0 Å². The van der Waals surface area contributed by atoms with Crippen molar-refractivity contribution in [3.8, 4) is 11.6 Å². The highest BCUT2D eigenvalue weighted by Crippen LogP contribution is 2.28. The third kappa shape index (κ3) is 6.00. The Morgan fingerprint density at radius 2 is 1.78 bits per heavy atom. The molecule has 2 aromatic carbocycles. The predicted octanol–water partition coefficient (Wildman–Crippen LogP) is 4.00. The van der Waals surface area contributed by atoms with Crippen molar-refractivity contribution in [1.82, 2.24) is 9.97 Å². The number of hydrogen-bond acceptors (Lipinski definition) is 7. The Balaban J connectivity index is 1.64. The van der Waals surface area contributed by atoms with Gasteiger partial charge in [-0.25, -0.2) is 18.4 Å². The molecule has 0 aliphatic rings. The van der Waals surface area contributed by atoms with Crippen LogP contribution in [0.25, 0.3) is 0 Å². The number of sulfonamides is 1. The molecule has 32 heavy (non-hydrogen) atoms. The first kappa shape index (κ1) is 23.6. The van der Waals surface area contributed by atoms with Crippen molar-refractivity contribution in [1.29, 1.82) is 0 Å². The number of nitrogens with zero attached hydrogens (tertiary/aromatic N) is 2. The quantitative estimate of drug-likeness (QED) is 0.483. The Hall–Kier alpha value is -3.08. The Kier molecular flexibility index (Phi) is 7.39. The van der Waals surface area contributed by atoms with Crippen LogP contribution in [0.15, 0.2) is 59.8 Å². The maximum absolute atomic E-state index is 12.6. The average molecular weight is 497 g/mol. The molecule has 1 aromatic heterocycles. The molecule has 2 N–H and O–H groups in total. The SMILES string of the molecule is COc1cc(NS(=O)(=O)c2ccc(NC(=O)C(C)Oc3ccc(Cl)cc3Cl)cc2)ncn1. The molecule has 3 aromatic rings. The summed E-state index contributed by atoms with van der Waals surface area (Å²) in [4.78, 5) is 20.1. The lowest BCUT2D eigenvalue weighted by molar-refractivity contribution is -0.122. The number of methoxy groups -OCH3 is 1. The normalized spacial score (nSPS) is 12.0. The molecule has 3 rings (SSSR count). The Morgan fingerprint density at radius 3 is 2.44 bits per heavy atom. The first-order valence-electron chi connectivity index (χ1n) is 9.09. The van der Waals surface area contributed by atoms with Gasteiger partial charge in [-0.2, -0.15) is 0 Å². The minimum Gasteiger partial charge on any atom is -0.481 e. The van der Waals surface area contributed by atoms with Crippen LogP contribution in [-0.4, -0.2) is 37.5 Å². The van der Waals surface area contributed by atoms with Crippen LogP contribution in [-0.2, 0) is 14.8 Å². The summed E-state index contributed by atoms with van der Waals surface area (Å²) in [6.45, 7) is 1.55. The number of carbonyl (C=O) groups is 1. The summed E-state index contributed by atoms with van der Waals surface area (Å²) in [6, 6.07) is 11.6. The lowest BCUT2D eigenvalue weighted by atomic mass is 10.3. The number of ether oxygens (including phenoxy) is 2. The minimum atomic E-state index is -3.91. The van der Waals surface area contributed by atoms with Crippen molar-refractivity contribution >= 4 is 50.6 Å². The zero-order chi connectivity index (χ0) is 23.3. The highest BCUT2D eigenvalue weighted by Gasteiger charge is 2.18. The summed E-state index contributed by atoms with van der Waals surface area (Å²) >= 11 is 11.9. The van der Waals surface area contributed by atoms with E-state index in [4.69, 9.17) is 32.7 Å². The van der Waals surface area contributed by atoms with Crippen molar-refractivity contribution in [2.24, 2.45) is 0 Å². The molecule has 0 aliphatic carbocycles. The van der Waals surface area contributed by atoms with E-state index in [0.717, 1.165) is 0 Å². The number of amides is 1. The summed E-state index contributed by atoms with van der Waals surface area (Å²) in [5.41, 5.74) is 0.385. The highest BCUT2D eigenvalue weighted by molar-refractivity contribution is 7.92. The third-order valence-corrected chi connectivity index (χ3v) is 5.99. The van der Waals surface area contributed by atoms with Gasteiger partial charge in [0.1, 0.15) is 17.9 Å². The zero-order valence-electron chi connectivity index (χ0n) is 16.9. The van der Waals surface area contributed by atoms with Crippen LogP contribution in [0, 0.1) is 0 Å². The number of hydrogen-bond donors (Lipinski definition) is 2. The van der Waals surface area contributed by atoms with Gasteiger partial charge in [0.25, 0.3) is 15.9 Å². The smallest absolute Gasteiger partial charge is 0.265 e. The number of anilines is 2. The van der Waals surface area contributed by atoms with Crippen LogP contribution in [0.1, 0.15) is 6.92 Å². The van der Waals surface area contributed by atoms with Gasteiger partial charge in [-0.1, -0.05) is 23.2 Å². The van der Waals surface area contributed by atoms with E-state index in [1.807, 2.05) is 0 Å². The van der Waals surface area contributed by atoms with Gasteiger partial charge >= 0.3 is 0 Å². The molecule has 0 bridgehead atoms. The second-order valence-corrected chi connectivity index (χ2v) is 8.93. The molecule has 0 fully saturated rings. The average Bonchev–Trinajstić information content (AvgIpc) is 2.75. The van der Waals surface area contributed by atoms with Crippen LogP contribution in [0.3, 0.4) is 0 Å². The second kappa shape index (κ2) is 10.0. The number of halogens is 2. The molecule has 1 unspecified atom stereocenters. The molecule has 0 aliphatic heterocycles. The Bertz CT molecular complexity index is 1220. The molecule has 0 saturated heterocycles. The lowest BCUT2D eigenvalue weighted by Crippen LogP contribution is -2.30. The van der Waals surface area contributed by atoms with E-state index in [9.17, 15) is 13.2 Å². The largest absolute Gasteiger partial charge is 0.481 e. The highest BCUT2D eigenvalue weighted by atomic mass is 35.5. The van der Waals surface area contributed by atoms with Gasteiger partial charge in [0.15, 0.2) is 6.10 Å². The van der Waals surface area contributed by atoms with Gasteiger partial charge in [0.05, 0.1) is 17.0 Å². The van der Waals surface area contributed by atoms with Crippen LogP contribution < -0.4 is 19.5 Å². The van der Waals surface area contributed by atoms with Gasteiger partial charge in [0.2, 0.25) is 5.88 Å². The Morgan fingerprint density at radius 1 is 1.06 bits per heavy atom. The standard InChI is InChI=1S/C20H18Cl2N4O5S/c1-12(31-17-8-3-13(21)9-16(17)22)20(27)25-14-4-6-15(7-5-14)32(28,29)26-18-10-19(30-2)24-11-23-18/h3-12H,1-2H3,(H,25,27)(H,23,24,26). The van der Waals surface area contributed by atoms with E-state index in [2.05, 4.69) is 20.0 Å². The fraction of sp³-hybridized carbons (Fsp3) is 0.150. The predicted molar refractivity (Wildman–Crippen MR) is 121 cm³/mol. The molecule has 1 heterocycles. The number of aromatic nitrogens is 2. The maximum atomic E-state index is 12.6. The molecule has 9 nitrogen and oxygen atoms in total. The van der Waals surface area contributed by atoms with Crippen molar-refractivity contribution in [3.63, 3.8) is 0 Å². The fourth-order valence-corrected chi connectivity index (χ4v) is 3.93. The van der Waals surface area contributed by atoms with Gasteiger partial charge in [-0.05, 0) is 49.4 Å². The van der Waals surface area contributed by atoms with Crippen molar-refractivity contribution in [2.75, 3.05) is 17.1 Å². The summed E-state index contributed by atoms with van der Waals surface area (Å²) in [5, 5.41) is 3.38. The van der Waals surface area contributed by atoms with E-state index in [0.29, 0.717) is 16.5 Å². The lowest BCUT2D eigenvalue weighted by Gasteiger charge is -2.16. The van der Waals surface area contributed by atoms with E-state index < -0.39 is 22.0 Å². The number of rotatable bonds is 8. The monoisotopic (exact) mass is 496 g/mol. The van der Waals surface area contributed by atoms with Gasteiger partial charge in [-0.3, -0.25) is 9.52 Å². The molecule has 1 amide bonds. The summed E-state index contributed by atoms with van der Waals surface area (Å²) in [7, 11) is -2.50. The van der Waals surface area contributed by atoms with E-state index in [1.54, 1.807) is 19.1 Å². The van der Waals surface area contributed by atoms with Crippen molar-refractivity contribution in [3.05, 3.63) is 64.9 Å². The van der Waals surface area contributed by atoms with Crippen molar-refractivity contribution < 1.29 is 22.7 Å². The number of benzene rings is 2. The van der Waals surface area contributed by atoms with E-state index in [1.165, 1.54) is 49.8 Å². The molecule has 0 saturated carbocycles. The van der Waals surface area contributed by atoms with Gasteiger partial charge < -0.3 is 14.8 Å². The number of nitrogens with one attached hydrogen (secondary N) is 2. The molecule has 168 valence electrons. The summed E-state index contributed by atoms with van der Waals surface area (Å²) in [6.07, 6.45) is 0.307. The Labute approximate surface area is 194 Å². The van der Waals surface area contributed by atoms with Crippen LogP contribution in [0.4, 0.5) is 11.5 Å². The molecule has 12 heteroatoms. The van der Waals surface area contributed by atoms with Gasteiger partial charge in [-0.15, -0.1) is 0 Å². The fourth-order valence-electron chi connectivity index (χ4n) is 2.48.